The van der Waals surface area contributed by atoms with Crippen molar-refractivity contribution in [2.24, 2.45) is 0 Å². The molecule has 1 rings (SSSR count). The van der Waals surface area contributed by atoms with Crippen LogP contribution in [-0.4, -0.2) is 29.8 Å². The summed E-state index contributed by atoms with van der Waals surface area (Å²) in [6, 6.07) is 7.88. The molecule has 1 aromatic rings. The van der Waals surface area contributed by atoms with Gasteiger partial charge in [0.1, 0.15) is 0 Å². The van der Waals surface area contributed by atoms with Crippen LogP contribution in [0.5, 0.6) is 0 Å². The molecule has 2 amide bonds. The first-order valence-corrected chi connectivity index (χ1v) is 8.40. The van der Waals surface area contributed by atoms with Crippen LogP contribution in [0.25, 0.3) is 0 Å². The first-order valence-electron chi connectivity index (χ1n) is 8.40. The second kappa shape index (κ2) is 8.70. The molecule has 0 aliphatic rings. The number of hydrogen-bond acceptors (Lipinski definition) is 2. The van der Waals surface area contributed by atoms with E-state index in [1.807, 2.05) is 24.3 Å². The quantitative estimate of drug-likeness (QED) is 0.774. The van der Waals surface area contributed by atoms with Crippen LogP contribution in [0.3, 0.4) is 0 Å². The van der Waals surface area contributed by atoms with Gasteiger partial charge in [0, 0.05) is 19.2 Å². The van der Waals surface area contributed by atoms with E-state index in [-0.39, 0.29) is 23.8 Å². The number of benzene rings is 1. The standard InChI is InChI=1S/C19H30N2O2/c1-6-7-8-13-21(15(2)22)14-18(23)20-17-11-9-16(10-12-17)19(3,4)5/h9-12H,6-8,13-14H2,1-5H3,(H,20,23). The summed E-state index contributed by atoms with van der Waals surface area (Å²) in [7, 11) is 0. The number of carbonyl (C=O) groups excluding carboxylic acids is 2. The van der Waals surface area contributed by atoms with Crippen LogP contribution in [-0.2, 0) is 15.0 Å². The van der Waals surface area contributed by atoms with E-state index >= 15 is 0 Å². The highest BCUT2D eigenvalue weighted by Crippen LogP contribution is 2.23. The Labute approximate surface area is 140 Å². The first kappa shape index (κ1) is 19.2. The molecule has 0 saturated heterocycles. The van der Waals surface area contributed by atoms with Gasteiger partial charge in [0.2, 0.25) is 11.8 Å². The summed E-state index contributed by atoms with van der Waals surface area (Å²) < 4.78 is 0. The van der Waals surface area contributed by atoms with Crippen molar-refractivity contribution in [3.63, 3.8) is 0 Å². The molecular formula is C19H30N2O2. The first-order chi connectivity index (χ1) is 10.7. The van der Waals surface area contributed by atoms with E-state index in [9.17, 15) is 9.59 Å². The second-order valence-corrected chi connectivity index (χ2v) is 7.02. The van der Waals surface area contributed by atoms with Gasteiger partial charge in [-0.15, -0.1) is 0 Å². The maximum atomic E-state index is 12.1. The van der Waals surface area contributed by atoms with Gasteiger partial charge in [-0.05, 0) is 29.5 Å². The summed E-state index contributed by atoms with van der Waals surface area (Å²) in [6.45, 7) is 10.8. The number of rotatable bonds is 7. The second-order valence-electron chi connectivity index (χ2n) is 7.02. The lowest BCUT2D eigenvalue weighted by Gasteiger charge is -2.21. The molecule has 4 heteroatoms. The Balaban J connectivity index is 2.58. The van der Waals surface area contributed by atoms with Gasteiger partial charge in [0.25, 0.3) is 0 Å². The Kier molecular flexibility index (Phi) is 7.27. The van der Waals surface area contributed by atoms with Crippen molar-refractivity contribution in [2.75, 3.05) is 18.4 Å². The summed E-state index contributed by atoms with van der Waals surface area (Å²) in [5.74, 6) is -0.209. The summed E-state index contributed by atoms with van der Waals surface area (Å²) in [5.41, 5.74) is 2.08. The maximum Gasteiger partial charge on any atom is 0.243 e. The van der Waals surface area contributed by atoms with Crippen molar-refractivity contribution in [1.29, 1.82) is 0 Å². The Morgan fingerprint density at radius 2 is 1.70 bits per heavy atom. The molecule has 0 aromatic heterocycles. The number of unbranched alkanes of at least 4 members (excludes halogenated alkanes) is 2. The predicted molar refractivity (Wildman–Crippen MR) is 95.6 cm³/mol. The molecule has 0 spiro atoms. The zero-order valence-electron chi connectivity index (χ0n) is 15.1. The molecule has 23 heavy (non-hydrogen) atoms. The largest absolute Gasteiger partial charge is 0.334 e. The molecular weight excluding hydrogens is 288 g/mol. The number of hydrogen-bond donors (Lipinski definition) is 1. The Hall–Kier alpha value is -1.84. The highest BCUT2D eigenvalue weighted by Gasteiger charge is 2.15. The Bertz CT molecular complexity index is 515. The monoisotopic (exact) mass is 318 g/mol. The van der Waals surface area contributed by atoms with Gasteiger partial charge in [0.05, 0.1) is 6.54 Å². The van der Waals surface area contributed by atoms with Crippen LogP contribution < -0.4 is 5.32 Å². The van der Waals surface area contributed by atoms with Crippen LogP contribution in [0.15, 0.2) is 24.3 Å². The van der Waals surface area contributed by atoms with Crippen LogP contribution in [0.1, 0.15) is 59.4 Å². The molecule has 1 aromatic carbocycles. The van der Waals surface area contributed by atoms with Crippen LogP contribution in [0.4, 0.5) is 5.69 Å². The van der Waals surface area contributed by atoms with Crippen molar-refractivity contribution in [3.05, 3.63) is 29.8 Å². The van der Waals surface area contributed by atoms with E-state index in [4.69, 9.17) is 0 Å². The third-order valence-corrected chi connectivity index (χ3v) is 3.85. The van der Waals surface area contributed by atoms with Gasteiger partial charge in [-0.1, -0.05) is 52.7 Å². The fourth-order valence-electron chi connectivity index (χ4n) is 2.33. The summed E-state index contributed by atoms with van der Waals surface area (Å²) in [6.07, 6.45) is 3.10. The minimum Gasteiger partial charge on any atom is -0.334 e. The fraction of sp³-hybridized carbons (Fsp3) is 0.579. The molecule has 0 saturated carbocycles. The lowest BCUT2D eigenvalue weighted by atomic mass is 9.87. The van der Waals surface area contributed by atoms with Gasteiger partial charge in [-0.2, -0.15) is 0 Å². The van der Waals surface area contributed by atoms with Crippen molar-refractivity contribution in [2.45, 2.75) is 59.3 Å². The molecule has 0 aliphatic carbocycles. The normalized spacial score (nSPS) is 11.2. The summed E-state index contributed by atoms with van der Waals surface area (Å²) >= 11 is 0. The molecule has 0 bridgehead atoms. The Morgan fingerprint density at radius 1 is 1.09 bits per heavy atom. The zero-order valence-corrected chi connectivity index (χ0v) is 15.1. The van der Waals surface area contributed by atoms with Gasteiger partial charge < -0.3 is 10.2 Å². The van der Waals surface area contributed by atoms with E-state index in [0.717, 1.165) is 24.9 Å². The average molecular weight is 318 g/mol. The maximum absolute atomic E-state index is 12.1. The van der Waals surface area contributed by atoms with E-state index in [1.165, 1.54) is 12.5 Å². The highest BCUT2D eigenvalue weighted by molar-refractivity contribution is 5.94. The van der Waals surface area contributed by atoms with Gasteiger partial charge in [-0.25, -0.2) is 0 Å². The van der Waals surface area contributed by atoms with Crippen molar-refractivity contribution in [1.82, 2.24) is 4.90 Å². The van der Waals surface area contributed by atoms with Crippen LogP contribution >= 0.6 is 0 Å². The van der Waals surface area contributed by atoms with E-state index < -0.39 is 0 Å². The Morgan fingerprint density at radius 3 is 2.17 bits per heavy atom. The zero-order chi connectivity index (χ0) is 17.5. The number of nitrogens with zero attached hydrogens (tertiary/aromatic N) is 1. The SMILES string of the molecule is CCCCCN(CC(=O)Nc1ccc(C(C)(C)C)cc1)C(C)=O. The third-order valence-electron chi connectivity index (χ3n) is 3.85. The minimum absolute atomic E-state index is 0.0562. The lowest BCUT2D eigenvalue weighted by Crippen LogP contribution is -2.37. The molecule has 0 unspecified atom stereocenters. The minimum atomic E-state index is -0.153. The molecule has 0 fully saturated rings. The molecule has 0 atom stereocenters. The number of carbonyl (C=O) groups is 2. The van der Waals surface area contributed by atoms with E-state index in [0.29, 0.717) is 6.54 Å². The summed E-state index contributed by atoms with van der Waals surface area (Å²) in [5, 5.41) is 2.86. The van der Waals surface area contributed by atoms with Crippen LogP contribution in [0, 0.1) is 0 Å². The number of nitrogens with one attached hydrogen (secondary N) is 1. The molecule has 0 radical (unpaired) electrons. The van der Waals surface area contributed by atoms with Gasteiger partial charge in [-0.3, -0.25) is 9.59 Å². The third kappa shape index (κ3) is 6.85. The number of amides is 2. The van der Waals surface area contributed by atoms with Crippen molar-refractivity contribution < 1.29 is 9.59 Å². The van der Waals surface area contributed by atoms with Gasteiger partial charge >= 0.3 is 0 Å². The van der Waals surface area contributed by atoms with Gasteiger partial charge in [0.15, 0.2) is 0 Å². The molecule has 4 nitrogen and oxygen atoms in total. The van der Waals surface area contributed by atoms with Crippen molar-refractivity contribution in [3.8, 4) is 0 Å². The average Bonchev–Trinajstić information content (AvgIpc) is 2.45. The summed E-state index contributed by atoms with van der Waals surface area (Å²) in [4.78, 5) is 25.4. The van der Waals surface area contributed by atoms with Crippen molar-refractivity contribution >= 4 is 17.5 Å². The smallest absolute Gasteiger partial charge is 0.243 e. The molecule has 0 heterocycles. The fourth-order valence-corrected chi connectivity index (χ4v) is 2.33. The molecule has 128 valence electrons. The topological polar surface area (TPSA) is 49.4 Å². The van der Waals surface area contributed by atoms with E-state index in [2.05, 4.69) is 33.0 Å². The van der Waals surface area contributed by atoms with E-state index in [1.54, 1.807) is 4.90 Å². The highest BCUT2D eigenvalue weighted by atomic mass is 16.2. The lowest BCUT2D eigenvalue weighted by molar-refractivity contribution is -0.132. The molecule has 0 aliphatic heterocycles. The molecule has 1 N–H and O–H groups in total. The predicted octanol–water partition coefficient (Wildman–Crippen LogP) is 3.96. The number of anilines is 1. The van der Waals surface area contributed by atoms with Crippen LogP contribution in [0.2, 0.25) is 0 Å².